The number of esters is 2. The Kier molecular flexibility index (Phi) is 7.93. The van der Waals surface area contributed by atoms with Crippen LogP contribution in [0.3, 0.4) is 0 Å². The Balaban J connectivity index is 1.54. The number of rotatable bonds is 7. The van der Waals surface area contributed by atoms with Crippen molar-refractivity contribution >= 4 is 29.4 Å². The number of ether oxygens (including phenoxy) is 3. The van der Waals surface area contributed by atoms with Gasteiger partial charge >= 0.3 is 11.9 Å². The lowest BCUT2D eigenvalue weighted by Gasteiger charge is -2.24. The normalized spacial score (nSPS) is 14.7. The van der Waals surface area contributed by atoms with Crippen LogP contribution in [0.2, 0.25) is 0 Å². The maximum absolute atomic E-state index is 13.8. The highest BCUT2D eigenvalue weighted by atomic mass is 32.1. The van der Waals surface area contributed by atoms with E-state index in [2.05, 4.69) is 4.99 Å². The lowest BCUT2D eigenvalue weighted by atomic mass is 9.96. The van der Waals surface area contributed by atoms with E-state index in [-0.39, 0.29) is 29.2 Å². The summed E-state index contributed by atoms with van der Waals surface area (Å²) in [5, 5.41) is 0. The molecule has 1 unspecified atom stereocenters. The molecule has 2 heterocycles. The third-order valence-corrected chi connectivity index (χ3v) is 7.38. The summed E-state index contributed by atoms with van der Waals surface area (Å²) in [4.78, 5) is 44.3. The maximum atomic E-state index is 13.8. The van der Waals surface area contributed by atoms with Gasteiger partial charge in [-0.05, 0) is 67.4 Å². The number of nitrogens with zero attached hydrogens (tertiary/aromatic N) is 2. The van der Waals surface area contributed by atoms with Crippen LogP contribution in [-0.2, 0) is 9.53 Å². The maximum Gasteiger partial charge on any atom is 0.343 e. The van der Waals surface area contributed by atoms with E-state index in [1.807, 2.05) is 30.3 Å². The van der Waals surface area contributed by atoms with Gasteiger partial charge in [-0.3, -0.25) is 9.36 Å². The van der Waals surface area contributed by atoms with Crippen molar-refractivity contribution in [3.8, 4) is 11.5 Å². The lowest BCUT2D eigenvalue weighted by Crippen LogP contribution is -2.39. The van der Waals surface area contributed by atoms with Gasteiger partial charge in [0.05, 0.1) is 41.1 Å². The van der Waals surface area contributed by atoms with Crippen LogP contribution < -0.4 is 24.4 Å². The first-order valence-corrected chi connectivity index (χ1v) is 13.5. The molecule has 0 radical (unpaired) electrons. The molecular formula is C31H25FN2O6S. The molecule has 0 aliphatic carbocycles. The van der Waals surface area contributed by atoms with Crippen LogP contribution in [0.25, 0.3) is 6.08 Å². The molecule has 1 aliphatic heterocycles. The molecule has 0 saturated heterocycles. The molecule has 5 rings (SSSR count). The summed E-state index contributed by atoms with van der Waals surface area (Å²) < 4.78 is 31.3. The van der Waals surface area contributed by atoms with E-state index in [1.54, 1.807) is 38.1 Å². The number of fused-ring (bicyclic) bond motifs is 1. The Labute approximate surface area is 238 Å². The van der Waals surface area contributed by atoms with Crippen molar-refractivity contribution in [1.29, 1.82) is 0 Å². The van der Waals surface area contributed by atoms with Crippen LogP contribution in [-0.4, -0.2) is 30.2 Å². The SMILES string of the molecule is CCOC(=O)C1=C(C)N=c2s/c(=C/c3ccc(OC(=O)c4ccc(F)cc4)c(OC)c3)c(=O)n2C1c1ccccc1. The molecule has 0 spiro atoms. The smallest absolute Gasteiger partial charge is 0.343 e. The van der Waals surface area contributed by atoms with Gasteiger partial charge in [0, 0.05) is 0 Å². The minimum Gasteiger partial charge on any atom is -0.493 e. The van der Waals surface area contributed by atoms with Crippen LogP contribution >= 0.6 is 11.3 Å². The second kappa shape index (κ2) is 11.7. The van der Waals surface area contributed by atoms with Crippen molar-refractivity contribution in [1.82, 2.24) is 4.57 Å². The summed E-state index contributed by atoms with van der Waals surface area (Å²) in [6.07, 6.45) is 1.68. The quantitative estimate of drug-likeness (QED) is 0.244. The molecule has 1 atom stereocenters. The van der Waals surface area contributed by atoms with Gasteiger partial charge < -0.3 is 14.2 Å². The Hall–Kier alpha value is -4.83. The summed E-state index contributed by atoms with van der Waals surface area (Å²) in [7, 11) is 1.43. The number of thiazole rings is 1. The largest absolute Gasteiger partial charge is 0.493 e. The second-order valence-corrected chi connectivity index (χ2v) is 10.0. The third-order valence-electron chi connectivity index (χ3n) is 6.40. The molecule has 3 aromatic carbocycles. The molecule has 0 saturated carbocycles. The van der Waals surface area contributed by atoms with Gasteiger partial charge in [-0.1, -0.05) is 47.7 Å². The predicted octanol–water partition coefficient (Wildman–Crippen LogP) is 4.17. The summed E-state index contributed by atoms with van der Waals surface area (Å²) >= 11 is 1.20. The van der Waals surface area contributed by atoms with Gasteiger partial charge in [0.15, 0.2) is 16.3 Å². The summed E-state index contributed by atoms with van der Waals surface area (Å²) in [6, 6.07) is 18.4. The second-order valence-electron chi connectivity index (χ2n) is 9.02. The fourth-order valence-corrected chi connectivity index (χ4v) is 5.54. The molecule has 1 aliphatic rings. The highest BCUT2D eigenvalue weighted by molar-refractivity contribution is 7.07. The summed E-state index contributed by atoms with van der Waals surface area (Å²) in [6.45, 7) is 3.65. The molecule has 8 nitrogen and oxygen atoms in total. The third kappa shape index (κ3) is 5.59. The van der Waals surface area contributed by atoms with E-state index < -0.39 is 23.8 Å². The first kappa shape index (κ1) is 27.7. The van der Waals surface area contributed by atoms with Gasteiger partial charge in [-0.15, -0.1) is 0 Å². The number of benzene rings is 3. The Morgan fingerprint density at radius 2 is 1.76 bits per heavy atom. The van der Waals surface area contributed by atoms with Crippen molar-refractivity contribution in [3.63, 3.8) is 0 Å². The molecule has 208 valence electrons. The number of allylic oxidation sites excluding steroid dienone is 1. The average Bonchev–Trinajstić information content (AvgIpc) is 3.27. The van der Waals surface area contributed by atoms with E-state index >= 15 is 0 Å². The van der Waals surface area contributed by atoms with Crippen molar-refractivity contribution in [2.45, 2.75) is 19.9 Å². The van der Waals surface area contributed by atoms with E-state index in [4.69, 9.17) is 14.2 Å². The Morgan fingerprint density at radius 1 is 1.02 bits per heavy atom. The van der Waals surface area contributed by atoms with Crippen molar-refractivity contribution < 1.29 is 28.2 Å². The van der Waals surface area contributed by atoms with Gasteiger partial charge in [-0.2, -0.15) is 0 Å². The first-order chi connectivity index (χ1) is 19.8. The lowest BCUT2D eigenvalue weighted by molar-refractivity contribution is -0.139. The topological polar surface area (TPSA) is 96.2 Å². The van der Waals surface area contributed by atoms with E-state index in [9.17, 15) is 18.8 Å². The molecule has 0 N–H and O–H groups in total. The van der Waals surface area contributed by atoms with Gasteiger partial charge in [0.2, 0.25) is 0 Å². The molecule has 0 amide bonds. The van der Waals surface area contributed by atoms with Gasteiger partial charge in [-0.25, -0.2) is 19.0 Å². The molecule has 0 bridgehead atoms. The summed E-state index contributed by atoms with van der Waals surface area (Å²) in [5.74, 6) is -1.22. The van der Waals surface area contributed by atoms with Gasteiger partial charge in [0.1, 0.15) is 5.82 Å². The fraction of sp³-hybridized carbons (Fsp3) is 0.161. The fourth-order valence-electron chi connectivity index (χ4n) is 4.50. The molecule has 4 aromatic rings. The number of carbonyl (C=O) groups is 2. The van der Waals surface area contributed by atoms with E-state index in [0.29, 0.717) is 26.2 Å². The molecule has 0 fully saturated rings. The molecular weight excluding hydrogens is 547 g/mol. The highest BCUT2D eigenvalue weighted by Crippen LogP contribution is 2.31. The van der Waals surface area contributed by atoms with E-state index in [0.717, 1.165) is 5.56 Å². The van der Waals surface area contributed by atoms with E-state index in [1.165, 1.54) is 47.3 Å². The molecule has 41 heavy (non-hydrogen) atoms. The van der Waals surface area contributed by atoms with Gasteiger partial charge in [0.25, 0.3) is 5.56 Å². The van der Waals surface area contributed by atoms with Crippen molar-refractivity contribution in [3.05, 3.63) is 126 Å². The zero-order valence-electron chi connectivity index (χ0n) is 22.4. The van der Waals surface area contributed by atoms with Crippen LogP contribution in [0.4, 0.5) is 4.39 Å². The molecule has 10 heteroatoms. The minimum atomic E-state index is -0.698. The number of hydrogen-bond donors (Lipinski definition) is 0. The van der Waals surface area contributed by atoms with Crippen LogP contribution in [0.5, 0.6) is 11.5 Å². The van der Waals surface area contributed by atoms with Crippen molar-refractivity contribution in [2.24, 2.45) is 4.99 Å². The Bertz CT molecular complexity index is 1840. The first-order valence-electron chi connectivity index (χ1n) is 12.7. The number of aromatic nitrogens is 1. The van der Waals surface area contributed by atoms with Crippen LogP contribution in [0.15, 0.2) is 93.9 Å². The predicted molar refractivity (Wildman–Crippen MR) is 151 cm³/mol. The Morgan fingerprint density at radius 3 is 2.44 bits per heavy atom. The van der Waals surface area contributed by atoms with Crippen LogP contribution in [0.1, 0.15) is 41.4 Å². The highest BCUT2D eigenvalue weighted by Gasteiger charge is 2.33. The zero-order valence-corrected chi connectivity index (χ0v) is 23.2. The average molecular weight is 573 g/mol. The molecule has 1 aromatic heterocycles. The van der Waals surface area contributed by atoms with Crippen molar-refractivity contribution in [2.75, 3.05) is 13.7 Å². The summed E-state index contributed by atoms with van der Waals surface area (Å²) in [5.41, 5.74) is 2.04. The number of methoxy groups -OCH3 is 1. The zero-order chi connectivity index (χ0) is 29.1. The number of carbonyl (C=O) groups excluding carboxylic acids is 2. The minimum absolute atomic E-state index is 0.166. The van der Waals surface area contributed by atoms with Crippen LogP contribution in [0, 0.1) is 5.82 Å². The standard InChI is InChI=1S/C31H25FN2O6S/c1-4-39-30(37)26-18(2)33-31-34(27(26)20-8-6-5-7-9-20)28(35)25(41-31)17-19-10-15-23(24(16-19)38-3)40-29(36)21-11-13-22(32)14-12-21/h5-17,27H,4H2,1-3H3/b25-17+. The monoisotopic (exact) mass is 572 g/mol. The number of halogens is 1. The number of hydrogen-bond acceptors (Lipinski definition) is 8.